The first-order valence-corrected chi connectivity index (χ1v) is 18.4. The Bertz CT molecular complexity index is 2240. The highest BCUT2D eigenvalue weighted by Gasteiger charge is 2.52. The van der Waals surface area contributed by atoms with Crippen molar-refractivity contribution in [2.24, 2.45) is 0 Å². The van der Waals surface area contributed by atoms with E-state index >= 15 is 0 Å². The third kappa shape index (κ3) is 9.59. The molecule has 57 heavy (non-hydrogen) atoms. The Balaban J connectivity index is 1.37. The summed E-state index contributed by atoms with van der Waals surface area (Å²) in [6.07, 6.45) is -4.88. The summed E-state index contributed by atoms with van der Waals surface area (Å²) in [5.74, 6) is -2.91. The van der Waals surface area contributed by atoms with E-state index in [4.69, 9.17) is 23.7 Å². The van der Waals surface area contributed by atoms with Gasteiger partial charge in [0.25, 0.3) is 0 Å². The Labute approximate surface area is 330 Å². The molecule has 0 aromatic heterocycles. The van der Waals surface area contributed by atoms with Crippen molar-refractivity contribution in [1.82, 2.24) is 0 Å². The molecule has 0 bridgehead atoms. The van der Waals surface area contributed by atoms with Gasteiger partial charge in [0.15, 0.2) is 18.3 Å². The highest BCUT2D eigenvalue weighted by molar-refractivity contribution is 5.92. The fraction of sp³-hybridized carbons (Fsp3) is 0.125. The van der Waals surface area contributed by atoms with Crippen LogP contribution in [-0.4, -0.2) is 61.0 Å². The number of hydrogen-bond acceptors (Lipinski definition) is 9. The van der Waals surface area contributed by atoms with E-state index in [1.807, 2.05) is 60.7 Å². The molecule has 1 heterocycles. The van der Waals surface area contributed by atoms with E-state index in [9.17, 15) is 19.2 Å². The zero-order valence-corrected chi connectivity index (χ0v) is 30.7. The van der Waals surface area contributed by atoms with Gasteiger partial charge in [-0.1, -0.05) is 133 Å². The first-order valence-electron chi connectivity index (χ1n) is 18.4. The number of carbonyl (C=O) groups excluding carboxylic acids is 4. The van der Waals surface area contributed by atoms with Crippen molar-refractivity contribution in [3.63, 3.8) is 0 Å². The maximum atomic E-state index is 14.0. The Kier molecular flexibility index (Phi) is 12.4. The van der Waals surface area contributed by atoms with E-state index < -0.39 is 61.0 Å². The first kappa shape index (κ1) is 38.2. The van der Waals surface area contributed by atoms with Gasteiger partial charge in [0, 0.05) is 0 Å². The zero-order chi connectivity index (χ0) is 39.4. The highest BCUT2D eigenvalue weighted by atomic mass is 16.7. The van der Waals surface area contributed by atoms with Gasteiger partial charge in [-0.3, -0.25) is 0 Å². The second-order valence-electron chi connectivity index (χ2n) is 13.1. The van der Waals surface area contributed by atoms with Gasteiger partial charge < -0.3 is 23.7 Å². The van der Waals surface area contributed by atoms with E-state index in [0.717, 1.165) is 16.7 Å². The fourth-order valence-corrected chi connectivity index (χ4v) is 6.49. The second kappa shape index (κ2) is 18.5. The SMILES string of the molecule is O=C(OC[C@H]1O[C@H](C=C(c2ccccc2)c2ccccc2)[C@H](OC(=O)c2ccccc2)[C@@H](OC(=O)c2ccccc2)[C@@H]1OC(=O)c1ccccc1)c1ccccc1. The topological polar surface area (TPSA) is 114 Å². The van der Waals surface area contributed by atoms with Crippen LogP contribution in [0.15, 0.2) is 188 Å². The summed E-state index contributed by atoms with van der Waals surface area (Å²) in [6.45, 7) is -0.421. The number of ether oxygens (including phenoxy) is 5. The lowest BCUT2D eigenvalue weighted by Gasteiger charge is -2.44. The molecular formula is C48H38O9. The monoisotopic (exact) mass is 758 g/mol. The summed E-state index contributed by atoms with van der Waals surface area (Å²) in [6, 6.07) is 52.4. The fourth-order valence-electron chi connectivity index (χ4n) is 6.49. The summed E-state index contributed by atoms with van der Waals surface area (Å²) in [4.78, 5) is 55.2. The third-order valence-electron chi connectivity index (χ3n) is 9.32. The van der Waals surface area contributed by atoms with Gasteiger partial charge in [-0.15, -0.1) is 0 Å². The predicted molar refractivity (Wildman–Crippen MR) is 212 cm³/mol. The smallest absolute Gasteiger partial charge is 0.338 e. The van der Waals surface area contributed by atoms with Gasteiger partial charge in [-0.2, -0.15) is 0 Å². The lowest BCUT2D eigenvalue weighted by Crippen LogP contribution is -2.62. The minimum Gasteiger partial charge on any atom is -0.459 e. The van der Waals surface area contributed by atoms with Gasteiger partial charge in [-0.05, 0) is 71.3 Å². The molecule has 0 radical (unpaired) electrons. The van der Waals surface area contributed by atoms with Gasteiger partial charge in [0.2, 0.25) is 0 Å². The van der Waals surface area contributed by atoms with Crippen LogP contribution >= 0.6 is 0 Å². The van der Waals surface area contributed by atoms with Crippen LogP contribution in [-0.2, 0) is 23.7 Å². The number of carbonyl (C=O) groups is 4. The van der Waals surface area contributed by atoms with Crippen LogP contribution < -0.4 is 0 Å². The van der Waals surface area contributed by atoms with Crippen LogP contribution in [0.25, 0.3) is 5.57 Å². The van der Waals surface area contributed by atoms with E-state index in [-0.39, 0.29) is 16.7 Å². The standard InChI is InChI=1S/C48H38O9/c49-45(35-23-11-3-12-24-35)53-32-41-43(56-47(51)37-27-15-5-16-28-37)44(57-48(52)38-29-17-6-18-30-38)42(55-46(50)36-25-13-4-14-26-36)40(54-41)31-39(33-19-7-1-8-20-33)34-21-9-2-10-22-34/h1-31,40-44H,32H2/t40-,41-,42+,43-,44-/m1/s1. The molecule has 6 aromatic rings. The normalized spacial score (nSPS) is 18.6. The summed E-state index contributed by atoms with van der Waals surface area (Å²) < 4.78 is 31.3. The Morgan fingerprint density at radius 1 is 0.404 bits per heavy atom. The van der Waals surface area contributed by atoms with Crippen molar-refractivity contribution in [3.8, 4) is 0 Å². The van der Waals surface area contributed by atoms with Crippen molar-refractivity contribution >= 4 is 29.5 Å². The second-order valence-corrected chi connectivity index (χ2v) is 13.1. The van der Waals surface area contributed by atoms with Gasteiger partial charge in [-0.25, -0.2) is 19.2 Å². The molecule has 9 nitrogen and oxygen atoms in total. The molecule has 0 aliphatic carbocycles. The predicted octanol–water partition coefficient (Wildman–Crippen LogP) is 8.42. The highest BCUT2D eigenvalue weighted by Crippen LogP contribution is 2.34. The van der Waals surface area contributed by atoms with Crippen LogP contribution in [0.2, 0.25) is 0 Å². The quantitative estimate of drug-likeness (QED) is 0.0897. The Morgan fingerprint density at radius 3 is 1.11 bits per heavy atom. The minimum absolute atomic E-state index is 0.207. The third-order valence-corrected chi connectivity index (χ3v) is 9.32. The van der Waals surface area contributed by atoms with Gasteiger partial charge >= 0.3 is 23.9 Å². The molecular weight excluding hydrogens is 721 g/mol. The molecule has 0 saturated carbocycles. The van der Waals surface area contributed by atoms with Crippen LogP contribution in [0.1, 0.15) is 52.6 Å². The average molecular weight is 759 g/mol. The molecule has 0 amide bonds. The van der Waals surface area contributed by atoms with Crippen LogP contribution in [0.4, 0.5) is 0 Å². The van der Waals surface area contributed by atoms with Crippen LogP contribution in [0, 0.1) is 0 Å². The summed E-state index contributed by atoms with van der Waals surface area (Å²) >= 11 is 0. The van der Waals surface area contributed by atoms with Crippen molar-refractivity contribution in [2.75, 3.05) is 6.61 Å². The van der Waals surface area contributed by atoms with Crippen molar-refractivity contribution in [3.05, 3.63) is 221 Å². The largest absolute Gasteiger partial charge is 0.459 e. The van der Waals surface area contributed by atoms with Gasteiger partial charge in [0.1, 0.15) is 18.8 Å². The number of esters is 4. The minimum atomic E-state index is -1.47. The van der Waals surface area contributed by atoms with E-state index in [1.165, 1.54) is 0 Å². The molecule has 9 heteroatoms. The van der Waals surface area contributed by atoms with E-state index in [2.05, 4.69) is 0 Å². The average Bonchev–Trinajstić information content (AvgIpc) is 3.28. The lowest BCUT2D eigenvalue weighted by molar-refractivity contribution is -0.217. The molecule has 284 valence electrons. The lowest BCUT2D eigenvalue weighted by atomic mass is 9.90. The number of benzene rings is 6. The van der Waals surface area contributed by atoms with Crippen molar-refractivity contribution in [2.45, 2.75) is 30.5 Å². The molecule has 1 fully saturated rings. The van der Waals surface area contributed by atoms with Gasteiger partial charge in [0.05, 0.1) is 22.3 Å². The Morgan fingerprint density at radius 2 is 0.719 bits per heavy atom. The molecule has 1 aliphatic heterocycles. The molecule has 0 N–H and O–H groups in total. The molecule has 5 atom stereocenters. The van der Waals surface area contributed by atoms with Crippen LogP contribution in [0.5, 0.6) is 0 Å². The first-order chi connectivity index (χ1) is 27.9. The van der Waals surface area contributed by atoms with Crippen molar-refractivity contribution in [1.29, 1.82) is 0 Å². The van der Waals surface area contributed by atoms with Crippen molar-refractivity contribution < 1.29 is 42.9 Å². The molecule has 1 saturated heterocycles. The number of hydrogen-bond donors (Lipinski definition) is 0. The van der Waals surface area contributed by atoms with Crippen LogP contribution in [0.3, 0.4) is 0 Å². The van der Waals surface area contributed by atoms with E-state index in [0.29, 0.717) is 5.56 Å². The Hall–Kier alpha value is -7.10. The number of rotatable bonds is 12. The summed E-state index contributed by atoms with van der Waals surface area (Å²) in [7, 11) is 0. The molecule has 6 aromatic carbocycles. The maximum Gasteiger partial charge on any atom is 0.338 e. The maximum absolute atomic E-state index is 14.0. The summed E-state index contributed by atoms with van der Waals surface area (Å²) in [5.41, 5.74) is 3.30. The molecule has 7 rings (SSSR count). The zero-order valence-electron chi connectivity index (χ0n) is 30.7. The molecule has 0 spiro atoms. The molecule has 1 aliphatic rings. The van der Waals surface area contributed by atoms with E-state index in [1.54, 1.807) is 127 Å². The summed E-state index contributed by atoms with van der Waals surface area (Å²) in [5, 5.41) is 0. The molecule has 0 unspecified atom stereocenters.